The van der Waals surface area contributed by atoms with E-state index in [-0.39, 0.29) is 42.1 Å². The number of allylic oxidation sites excluding steroid dienone is 4. The summed E-state index contributed by atoms with van der Waals surface area (Å²) in [5.74, 6) is -2.50. The number of esters is 1. The van der Waals surface area contributed by atoms with Crippen LogP contribution in [0.1, 0.15) is 72.6 Å². The van der Waals surface area contributed by atoms with Gasteiger partial charge in [-0.15, -0.1) is 11.6 Å². The number of hydrogen-bond acceptors (Lipinski definition) is 5. The van der Waals surface area contributed by atoms with Crippen molar-refractivity contribution < 1.29 is 28.6 Å². The largest absolute Gasteiger partial charge is 0.450 e. The van der Waals surface area contributed by atoms with Gasteiger partial charge >= 0.3 is 5.97 Å². The highest BCUT2D eigenvalue weighted by atomic mass is 35.5. The van der Waals surface area contributed by atoms with Crippen LogP contribution in [0.15, 0.2) is 23.8 Å². The Bertz CT molecular complexity index is 961. The summed E-state index contributed by atoms with van der Waals surface area (Å²) in [6.07, 6.45) is 6.26. The summed E-state index contributed by atoms with van der Waals surface area (Å²) in [4.78, 5) is 38.3. The second-order valence-electron chi connectivity index (χ2n) is 11.3. The lowest BCUT2D eigenvalue weighted by molar-refractivity contribution is -0.227. The molecule has 4 rings (SSSR count). The van der Waals surface area contributed by atoms with Gasteiger partial charge in [-0.25, -0.2) is 4.39 Å². The molecule has 0 saturated heterocycles. The van der Waals surface area contributed by atoms with Crippen LogP contribution in [0, 0.1) is 28.6 Å². The van der Waals surface area contributed by atoms with Crippen molar-refractivity contribution >= 4 is 29.1 Å². The van der Waals surface area contributed by atoms with Crippen molar-refractivity contribution in [1.82, 2.24) is 0 Å². The van der Waals surface area contributed by atoms with Crippen molar-refractivity contribution in [3.05, 3.63) is 23.8 Å². The van der Waals surface area contributed by atoms with Gasteiger partial charge in [0.05, 0.1) is 12.0 Å². The van der Waals surface area contributed by atoms with E-state index < -0.39 is 40.1 Å². The van der Waals surface area contributed by atoms with Gasteiger partial charge in [0, 0.05) is 29.1 Å². The van der Waals surface area contributed by atoms with Gasteiger partial charge in [-0.1, -0.05) is 38.8 Å². The van der Waals surface area contributed by atoms with Crippen molar-refractivity contribution in [2.75, 3.05) is 5.88 Å². The highest BCUT2D eigenvalue weighted by Gasteiger charge is 2.77. The number of fused-ring (bicyclic) bond motifs is 5. The van der Waals surface area contributed by atoms with Crippen LogP contribution < -0.4 is 0 Å². The van der Waals surface area contributed by atoms with E-state index in [0.29, 0.717) is 31.3 Å². The van der Waals surface area contributed by atoms with E-state index in [9.17, 15) is 19.5 Å². The predicted molar refractivity (Wildman–Crippen MR) is 127 cm³/mol. The number of carbonyl (C=O) groups excluding carboxylic acids is 3. The number of hydrogen-bond donors (Lipinski definition) is 1. The van der Waals surface area contributed by atoms with Crippen LogP contribution >= 0.6 is 11.6 Å². The van der Waals surface area contributed by atoms with Crippen LogP contribution in [0.2, 0.25) is 0 Å². The number of Topliss-reactive ketones (excluding diaryl/α,β-unsaturated/α-hetero) is 1. The number of ether oxygens (including phenoxy) is 1. The maximum absolute atomic E-state index is 17.3. The fraction of sp³-hybridized carbons (Fsp3) is 0.741. The smallest absolute Gasteiger partial charge is 0.306 e. The second-order valence-corrected chi connectivity index (χ2v) is 11.5. The average Bonchev–Trinajstić information content (AvgIpc) is 3.00. The summed E-state index contributed by atoms with van der Waals surface area (Å²) in [5.41, 5.74) is -4.84. The lowest BCUT2D eigenvalue weighted by atomic mass is 9.44. The molecule has 2 unspecified atom stereocenters. The third-order valence-electron chi connectivity index (χ3n) is 9.73. The predicted octanol–water partition coefficient (Wildman–Crippen LogP) is 4.88. The van der Waals surface area contributed by atoms with Crippen molar-refractivity contribution in [2.45, 2.75) is 90.0 Å². The molecule has 3 fully saturated rings. The minimum atomic E-state index is -2.00. The first-order valence-corrected chi connectivity index (χ1v) is 13.1. The number of aliphatic hydroxyl groups is 1. The van der Waals surface area contributed by atoms with E-state index in [4.69, 9.17) is 16.3 Å². The normalized spacial score (nSPS) is 45.1. The molecule has 1 N–H and O–H groups in total. The van der Waals surface area contributed by atoms with Gasteiger partial charge < -0.3 is 9.84 Å². The maximum atomic E-state index is 17.3. The highest BCUT2D eigenvalue weighted by Crippen LogP contribution is 2.71. The van der Waals surface area contributed by atoms with Crippen molar-refractivity contribution in [2.24, 2.45) is 28.6 Å². The van der Waals surface area contributed by atoms with Crippen LogP contribution in [-0.2, 0) is 19.1 Å². The summed E-state index contributed by atoms with van der Waals surface area (Å²) in [6, 6.07) is 0. The van der Waals surface area contributed by atoms with Crippen molar-refractivity contribution in [3.8, 4) is 0 Å². The van der Waals surface area contributed by atoms with E-state index in [2.05, 4.69) is 0 Å². The first-order valence-electron chi connectivity index (χ1n) is 12.5. The van der Waals surface area contributed by atoms with Gasteiger partial charge in [0.25, 0.3) is 0 Å². The molecule has 4 aliphatic carbocycles. The quantitative estimate of drug-likeness (QED) is 0.420. The molecule has 0 aromatic rings. The number of alkyl halides is 2. The molecule has 5 nitrogen and oxygen atoms in total. The van der Waals surface area contributed by atoms with Gasteiger partial charge in [-0.05, 0) is 57.1 Å². The number of aliphatic hydroxyl groups excluding tert-OH is 1. The molecule has 0 aromatic heterocycles. The van der Waals surface area contributed by atoms with Gasteiger partial charge in [0.2, 0.25) is 0 Å². The zero-order valence-corrected chi connectivity index (χ0v) is 21.3. The molecular weight excluding hydrogens is 459 g/mol. The fourth-order valence-corrected chi connectivity index (χ4v) is 8.25. The SMILES string of the molecule is CCCCC(=O)O[C@]1(C(=O)CCl)C(C)C[C@H]2[C@@H]3CCC4=CC(=O)C=C[C@]4(C)[C@@]3(F)C(O)C[C@@]21C. The van der Waals surface area contributed by atoms with E-state index in [1.807, 2.05) is 20.8 Å². The second kappa shape index (κ2) is 8.55. The van der Waals surface area contributed by atoms with E-state index >= 15 is 4.39 Å². The molecule has 0 amide bonds. The molecule has 3 saturated carbocycles. The Morgan fingerprint density at radius 2 is 2.00 bits per heavy atom. The molecule has 0 heterocycles. The molecular formula is C27H36ClFO5. The molecule has 0 aromatic carbocycles. The summed E-state index contributed by atoms with van der Waals surface area (Å²) in [7, 11) is 0. The van der Waals surface area contributed by atoms with E-state index in [1.165, 1.54) is 12.2 Å². The average molecular weight is 495 g/mol. The summed E-state index contributed by atoms with van der Waals surface area (Å²) in [5, 5.41) is 11.5. The molecule has 7 heteroatoms. The van der Waals surface area contributed by atoms with Crippen molar-refractivity contribution in [1.29, 1.82) is 0 Å². The monoisotopic (exact) mass is 494 g/mol. The first-order chi connectivity index (χ1) is 15.9. The van der Waals surface area contributed by atoms with Gasteiger partial charge in [-0.2, -0.15) is 0 Å². The van der Waals surface area contributed by atoms with Crippen LogP contribution in [0.3, 0.4) is 0 Å². The topological polar surface area (TPSA) is 80.7 Å². The minimum absolute atomic E-state index is 0.0245. The zero-order valence-electron chi connectivity index (χ0n) is 20.5. The van der Waals surface area contributed by atoms with Gasteiger partial charge in [-0.3, -0.25) is 14.4 Å². The van der Waals surface area contributed by atoms with Gasteiger partial charge in [0.15, 0.2) is 22.8 Å². The Kier molecular flexibility index (Phi) is 6.42. The summed E-state index contributed by atoms with van der Waals surface area (Å²) in [6.45, 7) is 7.48. The van der Waals surface area contributed by atoms with Crippen LogP contribution in [-0.4, -0.2) is 45.9 Å². The van der Waals surface area contributed by atoms with Crippen LogP contribution in [0.4, 0.5) is 4.39 Å². The number of carbonyl (C=O) groups is 3. The molecule has 188 valence electrons. The fourth-order valence-electron chi connectivity index (χ4n) is 8.05. The van der Waals surface area contributed by atoms with E-state index in [1.54, 1.807) is 13.0 Å². The minimum Gasteiger partial charge on any atom is -0.450 e. The van der Waals surface area contributed by atoms with Crippen LogP contribution in [0.5, 0.6) is 0 Å². The maximum Gasteiger partial charge on any atom is 0.306 e. The lowest BCUT2D eigenvalue weighted by Gasteiger charge is -2.62. The standard InChI is InChI=1S/C27H36ClFO5/c1-5-6-7-23(33)34-27(22(32)15-28)16(2)12-20-19-9-8-17-13-18(30)10-11-24(17,3)26(19,29)21(31)14-25(20,27)4/h10-11,13,16,19-21,31H,5-9,12,14-15H2,1-4H3/t16?,19-,20-,21?,24-,25-,26-,27-/m0/s1. The first kappa shape index (κ1) is 25.6. The Labute approximate surface area is 206 Å². The zero-order chi connectivity index (χ0) is 25.1. The summed E-state index contributed by atoms with van der Waals surface area (Å²) >= 11 is 6.07. The highest BCUT2D eigenvalue weighted by molar-refractivity contribution is 6.29. The molecule has 0 aliphatic heterocycles. The van der Waals surface area contributed by atoms with Crippen molar-refractivity contribution in [3.63, 3.8) is 0 Å². The molecule has 0 spiro atoms. The van der Waals surface area contributed by atoms with Crippen LogP contribution in [0.25, 0.3) is 0 Å². The van der Waals surface area contributed by atoms with E-state index in [0.717, 1.165) is 6.42 Å². The lowest BCUT2D eigenvalue weighted by Crippen LogP contribution is -2.70. The number of ketones is 2. The Balaban J connectivity index is 1.80. The molecule has 34 heavy (non-hydrogen) atoms. The Morgan fingerprint density at radius 1 is 1.29 bits per heavy atom. The number of halogens is 2. The third-order valence-corrected chi connectivity index (χ3v) is 9.97. The molecule has 4 aliphatic rings. The molecule has 8 atom stereocenters. The Hall–Kier alpha value is -1.53. The number of unbranched alkanes of at least 4 members (excludes halogenated alkanes) is 1. The van der Waals surface area contributed by atoms with Gasteiger partial charge in [0.1, 0.15) is 0 Å². The molecule has 0 radical (unpaired) electrons. The number of rotatable bonds is 6. The summed E-state index contributed by atoms with van der Waals surface area (Å²) < 4.78 is 23.4. The third kappa shape index (κ3) is 3.16. The molecule has 0 bridgehead atoms. The Morgan fingerprint density at radius 3 is 2.65 bits per heavy atom.